The van der Waals surface area contributed by atoms with E-state index in [1.807, 2.05) is 0 Å². The van der Waals surface area contributed by atoms with Crippen LogP contribution < -0.4 is 0 Å². The van der Waals surface area contributed by atoms with E-state index in [9.17, 15) is 0 Å². The zero-order valence-corrected chi connectivity index (χ0v) is 21.6. The Hall–Kier alpha value is 0.532. The van der Waals surface area contributed by atoms with Crippen LogP contribution in [0.4, 0.5) is 0 Å². The molecule has 27 heavy (non-hydrogen) atoms. The molecule has 0 aliphatic heterocycles. The molecular formula is C23H46BClOSi. The maximum Gasteiger partial charge on any atom is 0.254 e. The van der Waals surface area contributed by atoms with Crippen molar-refractivity contribution < 1.29 is 4.43 Å². The van der Waals surface area contributed by atoms with E-state index in [0.717, 1.165) is 36.3 Å². The maximum atomic E-state index is 6.97. The number of rotatable bonds is 8. The second-order valence-electron chi connectivity index (χ2n) is 12.2. The Bertz CT molecular complexity index is 499. The summed E-state index contributed by atoms with van der Waals surface area (Å²) in [6.07, 6.45) is 7.05. The summed E-state index contributed by atoms with van der Waals surface area (Å²) in [4.78, 5) is 0. The molecule has 0 amide bonds. The zero-order valence-electron chi connectivity index (χ0n) is 19.9. The van der Waals surface area contributed by atoms with E-state index in [1.54, 1.807) is 0 Å². The summed E-state index contributed by atoms with van der Waals surface area (Å²) in [6.45, 7) is 23.8. The van der Waals surface area contributed by atoms with Gasteiger partial charge in [0.1, 0.15) is 0 Å². The lowest BCUT2D eigenvalue weighted by atomic mass is 9.36. The number of halogens is 1. The highest BCUT2D eigenvalue weighted by molar-refractivity contribution is 7.07. The summed E-state index contributed by atoms with van der Waals surface area (Å²) < 4.78 is 6.76. The van der Waals surface area contributed by atoms with E-state index in [4.69, 9.17) is 15.9 Å². The van der Waals surface area contributed by atoms with Crippen molar-refractivity contribution in [3.8, 4) is 0 Å². The monoisotopic (exact) mass is 412 g/mol. The normalized spacial score (nSPS) is 31.6. The molecule has 0 radical (unpaired) electrons. The molecule has 0 aromatic heterocycles. The molecular weight excluding hydrogens is 367 g/mol. The Morgan fingerprint density at radius 3 is 2.22 bits per heavy atom. The maximum absolute atomic E-state index is 6.97. The van der Waals surface area contributed by atoms with Gasteiger partial charge in [0, 0.05) is 6.10 Å². The molecule has 0 aromatic carbocycles. The van der Waals surface area contributed by atoms with Gasteiger partial charge in [0.2, 0.25) is 0 Å². The minimum atomic E-state index is -1.70. The lowest BCUT2D eigenvalue weighted by molar-refractivity contribution is -0.0988. The van der Waals surface area contributed by atoms with Gasteiger partial charge >= 0.3 is 0 Å². The highest BCUT2D eigenvalue weighted by Gasteiger charge is 2.57. The summed E-state index contributed by atoms with van der Waals surface area (Å²) in [7, 11) is -1.70. The standard InChI is InChI=1S/C23H46BClOSi/c1-16(2)21(26-27(9,10)22(4,5)6)12-11-13-24(25)20-15-18-14-19(17(20)3)23(18,7)8/h16-21H,11-15H2,1-10H3/t17?,18-,19+,20?,21?/m0/s1. The van der Waals surface area contributed by atoms with Crippen LogP contribution in [0.1, 0.15) is 81.1 Å². The van der Waals surface area contributed by atoms with Crippen molar-refractivity contribution in [3.63, 3.8) is 0 Å². The molecule has 158 valence electrons. The van der Waals surface area contributed by atoms with Gasteiger partial charge in [-0.3, -0.25) is 0 Å². The number of hydrogen-bond donors (Lipinski definition) is 0. The van der Waals surface area contributed by atoms with Crippen LogP contribution in [0.2, 0.25) is 30.3 Å². The summed E-state index contributed by atoms with van der Waals surface area (Å²) in [5.74, 6) is 3.90. The molecule has 3 rings (SSSR count). The minimum absolute atomic E-state index is 0.278. The fourth-order valence-electron chi connectivity index (χ4n) is 5.48. The molecule has 0 spiro atoms. The van der Waals surface area contributed by atoms with Crippen LogP contribution in [0.25, 0.3) is 0 Å². The molecule has 3 fully saturated rings. The number of fused-ring (bicyclic) bond motifs is 2. The Kier molecular flexibility index (Phi) is 7.36. The summed E-state index contributed by atoms with van der Waals surface area (Å²) in [6, 6.07) is 0. The lowest BCUT2D eigenvalue weighted by Gasteiger charge is -2.62. The van der Waals surface area contributed by atoms with Gasteiger partial charge in [-0.25, -0.2) is 0 Å². The van der Waals surface area contributed by atoms with Crippen LogP contribution in [-0.2, 0) is 4.43 Å². The minimum Gasteiger partial charge on any atom is -0.414 e. The first-order valence-electron chi connectivity index (χ1n) is 11.5. The first-order chi connectivity index (χ1) is 12.2. The first kappa shape index (κ1) is 23.8. The average Bonchev–Trinajstić information content (AvgIpc) is 2.51. The summed E-state index contributed by atoms with van der Waals surface area (Å²) >= 11 is 6.97. The Morgan fingerprint density at radius 1 is 1.19 bits per heavy atom. The third-order valence-corrected chi connectivity index (χ3v) is 13.9. The van der Waals surface area contributed by atoms with Gasteiger partial charge in [0.15, 0.2) is 8.32 Å². The van der Waals surface area contributed by atoms with Gasteiger partial charge in [0.25, 0.3) is 6.13 Å². The second kappa shape index (κ2) is 8.34. The fourth-order valence-corrected chi connectivity index (χ4v) is 7.47. The SMILES string of the molecule is CC(C)C(CCCB(Cl)C1C[C@@H]2C[C@H](C1C)C2(C)C)O[Si](C)(C)C(C)(C)C. The molecule has 0 N–H and O–H groups in total. The molecule has 1 nitrogen and oxygen atoms in total. The van der Waals surface area contributed by atoms with Crippen molar-refractivity contribution in [2.45, 2.75) is 117 Å². The predicted molar refractivity (Wildman–Crippen MR) is 125 cm³/mol. The molecule has 5 atom stereocenters. The quantitative estimate of drug-likeness (QED) is 0.366. The van der Waals surface area contributed by atoms with Crippen LogP contribution in [0, 0.1) is 29.1 Å². The molecule has 3 aliphatic carbocycles. The van der Waals surface area contributed by atoms with Crippen molar-refractivity contribution in [2.75, 3.05) is 0 Å². The highest BCUT2D eigenvalue weighted by atomic mass is 35.5. The zero-order chi connectivity index (χ0) is 20.8. The molecule has 2 bridgehead atoms. The smallest absolute Gasteiger partial charge is 0.254 e. The van der Waals surface area contributed by atoms with E-state index < -0.39 is 8.32 Å². The van der Waals surface area contributed by atoms with Crippen LogP contribution in [-0.4, -0.2) is 20.5 Å². The predicted octanol–water partition coefficient (Wildman–Crippen LogP) is 8.12. The third kappa shape index (κ3) is 5.00. The largest absolute Gasteiger partial charge is 0.414 e. The van der Waals surface area contributed by atoms with Gasteiger partial charge < -0.3 is 4.43 Å². The molecule has 3 aliphatic rings. The van der Waals surface area contributed by atoms with Crippen molar-refractivity contribution in [2.24, 2.45) is 29.1 Å². The van der Waals surface area contributed by atoms with Gasteiger partial charge in [-0.1, -0.05) is 74.6 Å². The van der Waals surface area contributed by atoms with Crippen molar-refractivity contribution in [1.29, 1.82) is 0 Å². The Labute approximate surface area is 176 Å². The highest BCUT2D eigenvalue weighted by Crippen LogP contribution is 2.65. The molecule has 0 heterocycles. The van der Waals surface area contributed by atoms with E-state index in [-0.39, 0.29) is 5.04 Å². The fraction of sp³-hybridized carbons (Fsp3) is 1.00. The number of hydrogen-bond acceptors (Lipinski definition) is 1. The van der Waals surface area contributed by atoms with Crippen LogP contribution >= 0.6 is 11.5 Å². The average molecular weight is 413 g/mol. The second-order valence-corrected chi connectivity index (χ2v) is 17.5. The summed E-state index contributed by atoms with van der Waals surface area (Å²) in [5.41, 5.74) is 0.562. The van der Waals surface area contributed by atoms with Crippen LogP contribution in [0.3, 0.4) is 0 Å². The van der Waals surface area contributed by atoms with E-state index in [0.29, 0.717) is 23.6 Å². The van der Waals surface area contributed by atoms with E-state index in [1.165, 1.54) is 19.3 Å². The first-order valence-corrected chi connectivity index (χ1v) is 14.8. The third-order valence-electron chi connectivity index (χ3n) is 8.84. The molecule has 3 saturated carbocycles. The van der Waals surface area contributed by atoms with Gasteiger partial charge in [0.05, 0.1) is 0 Å². The summed E-state index contributed by atoms with van der Waals surface area (Å²) in [5, 5.41) is 0.278. The Morgan fingerprint density at radius 2 is 1.78 bits per heavy atom. The molecule has 4 heteroatoms. The van der Waals surface area contributed by atoms with Crippen molar-refractivity contribution >= 4 is 25.9 Å². The Balaban J connectivity index is 1.85. The van der Waals surface area contributed by atoms with Crippen molar-refractivity contribution in [1.82, 2.24) is 0 Å². The van der Waals surface area contributed by atoms with Crippen LogP contribution in [0.5, 0.6) is 0 Å². The lowest BCUT2D eigenvalue weighted by Crippen LogP contribution is -2.55. The van der Waals surface area contributed by atoms with E-state index in [2.05, 4.69) is 68.5 Å². The topological polar surface area (TPSA) is 9.23 Å². The van der Waals surface area contributed by atoms with Crippen LogP contribution in [0.15, 0.2) is 0 Å². The van der Waals surface area contributed by atoms with E-state index >= 15 is 0 Å². The van der Waals surface area contributed by atoms with Gasteiger partial charge in [-0.15, -0.1) is 0 Å². The molecule has 0 saturated heterocycles. The van der Waals surface area contributed by atoms with Gasteiger partial charge in [-0.2, -0.15) is 11.5 Å². The molecule has 0 aromatic rings. The van der Waals surface area contributed by atoms with Gasteiger partial charge in [-0.05, 0) is 65.9 Å². The van der Waals surface area contributed by atoms with Crippen molar-refractivity contribution in [3.05, 3.63) is 0 Å². The molecule has 3 unspecified atom stereocenters.